The van der Waals surface area contributed by atoms with Crippen LogP contribution >= 0.6 is 11.6 Å². The van der Waals surface area contributed by atoms with Crippen molar-refractivity contribution in [3.63, 3.8) is 0 Å². The molecule has 0 saturated carbocycles. The van der Waals surface area contributed by atoms with Crippen molar-refractivity contribution in [3.8, 4) is 11.3 Å². The second-order valence-electron chi connectivity index (χ2n) is 6.78. The third-order valence-electron chi connectivity index (χ3n) is 4.35. The summed E-state index contributed by atoms with van der Waals surface area (Å²) in [6.07, 6.45) is 0. The lowest BCUT2D eigenvalue weighted by Crippen LogP contribution is -2.70. The minimum Gasteiger partial charge on any atom is -0.456 e. The first-order valence-corrected chi connectivity index (χ1v) is 9.85. The molecule has 0 fully saturated rings. The number of hydrogen-bond acceptors (Lipinski definition) is 2. The predicted molar refractivity (Wildman–Crippen MR) is 117 cm³/mol. The summed E-state index contributed by atoms with van der Waals surface area (Å²) >= 11 is 6.00. The maximum atomic E-state index is 11.7. The van der Waals surface area contributed by atoms with Crippen molar-refractivity contribution in [3.05, 3.63) is 94.8 Å². The Morgan fingerprint density at radius 2 is 1.56 bits per heavy atom. The van der Waals surface area contributed by atoms with Crippen molar-refractivity contribution in [2.24, 2.45) is 0 Å². The highest BCUT2D eigenvalue weighted by Crippen LogP contribution is 2.23. The van der Waals surface area contributed by atoms with Gasteiger partial charge >= 0.3 is 7.25 Å². The van der Waals surface area contributed by atoms with E-state index in [4.69, 9.17) is 16.0 Å². The number of ketones is 1. The van der Waals surface area contributed by atoms with Crippen molar-refractivity contribution in [1.82, 2.24) is 0 Å². The Morgan fingerprint density at radius 3 is 2.22 bits per heavy atom. The lowest BCUT2D eigenvalue weighted by molar-refractivity contribution is -0.400. The molecular weight excluding hydrogens is 445 g/mol. The van der Waals surface area contributed by atoms with Crippen molar-refractivity contribution < 1.29 is 31.5 Å². The zero-order valence-corrected chi connectivity index (χ0v) is 17.5. The number of rotatable bonds is 3. The Bertz CT molecular complexity index is 1310. The molecule has 0 bridgehead atoms. The molecule has 0 atom stereocenters. The summed E-state index contributed by atoms with van der Waals surface area (Å²) < 4.78 is 45.1. The van der Waals surface area contributed by atoms with Gasteiger partial charge in [-0.1, -0.05) is 35.9 Å². The molecule has 32 heavy (non-hydrogen) atoms. The smallest absolute Gasteiger partial charge is 0.456 e. The summed E-state index contributed by atoms with van der Waals surface area (Å²) in [6, 6.07) is 24.8. The number of carbonyl (C=O) groups excluding carboxylic acids is 1. The number of halogens is 5. The molecule has 0 amide bonds. The summed E-state index contributed by atoms with van der Waals surface area (Å²) in [5.41, 5.74) is 3.23. The molecule has 1 aromatic heterocycles. The van der Waals surface area contributed by atoms with Gasteiger partial charge in [0.2, 0.25) is 11.0 Å². The molecule has 4 rings (SSSR count). The summed E-state index contributed by atoms with van der Waals surface area (Å²) in [6.45, 7) is 1.56. The standard InChI is InChI=1S/C23H16ClNO2.BF4/c1-15(26)17-5-4-6-19(13-17)25-21-14-23(16-9-11-18(24)12-10-16)27-22-8-3-2-7-20(21)22;2-1(3,4)5/h2-14H,1H3;/q;-1/p+1. The summed E-state index contributed by atoms with van der Waals surface area (Å²) in [5.74, 6) is 0.768. The first kappa shape index (κ1) is 23.3. The van der Waals surface area contributed by atoms with Crippen LogP contribution in [0.2, 0.25) is 5.02 Å². The molecule has 4 aromatic rings. The van der Waals surface area contributed by atoms with Gasteiger partial charge in [-0.05, 0) is 43.3 Å². The summed E-state index contributed by atoms with van der Waals surface area (Å²) in [4.78, 5) is 15.1. The van der Waals surface area contributed by atoms with E-state index in [2.05, 4.69) is 4.99 Å². The molecule has 0 aliphatic rings. The van der Waals surface area contributed by atoms with Crippen LogP contribution in [0, 0.1) is 0 Å². The second kappa shape index (κ2) is 9.83. The number of benzene rings is 3. The highest BCUT2D eigenvalue weighted by Gasteiger charge is 2.20. The Labute approximate surface area is 186 Å². The average Bonchev–Trinajstić information content (AvgIpc) is 2.73. The van der Waals surface area contributed by atoms with Gasteiger partial charge in [-0.25, -0.2) is 4.99 Å². The van der Waals surface area contributed by atoms with Gasteiger partial charge in [0.05, 0.1) is 11.5 Å². The van der Waals surface area contributed by atoms with Crippen LogP contribution in [0.4, 0.5) is 23.0 Å². The van der Waals surface area contributed by atoms with Crippen LogP contribution < -0.4 is 10.3 Å². The molecule has 3 aromatic carbocycles. The first-order chi connectivity index (χ1) is 15.1. The second-order valence-corrected chi connectivity index (χ2v) is 7.22. The lowest BCUT2D eigenvalue weighted by Gasteiger charge is -2.03. The van der Waals surface area contributed by atoms with Crippen LogP contribution in [-0.4, -0.2) is 13.0 Å². The number of hydrogen-bond donors (Lipinski definition) is 1. The van der Waals surface area contributed by atoms with E-state index in [0.29, 0.717) is 10.6 Å². The fraction of sp³-hybridized carbons (Fsp3) is 0.0435. The van der Waals surface area contributed by atoms with E-state index in [9.17, 15) is 22.1 Å². The van der Waals surface area contributed by atoms with E-state index in [1.807, 2.05) is 78.9 Å². The van der Waals surface area contributed by atoms with Crippen molar-refractivity contribution in [2.45, 2.75) is 6.92 Å². The molecule has 0 saturated heterocycles. The Kier molecular flexibility index (Phi) is 7.15. The monoisotopic (exact) mass is 461 g/mol. The minimum atomic E-state index is -6.00. The normalized spacial score (nSPS) is 11.8. The van der Waals surface area contributed by atoms with Gasteiger partial charge in [-0.3, -0.25) is 4.79 Å². The van der Waals surface area contributed by atoms with Gasteiger partial charge in [-0.15, -0.1) is 0 Å². The van der Waals surface area contributed by atoms with Gasteiger partial charge in [0, 0.05) is 28.3 Å². The molecular formula is C23H17BClF4NO2. The number of fused-ring (bicyclic) bond motifs is 1. The summed E-state index contributed by atoms with van der Waals surface area (Å²) in [5, 5.41) is 2.55. The molecule has 0 aliphatic heterocycles. The number of Topliss-reactive ketones (excluding diaryl/α,β-unsaturated/α-hetero) is 1. The van der Waals surface area contributed by atoms with Gasteiger partial charge in [0.25, 0.3) is 0 Å². The molecule has 0 unspecified atom stereocenters. The van der Waals surface area contributed by atoms with Crippen molar-refractivity contribution in [1.29, 1.82) is 0 Å². The average molecular weight is 462 g/mol. The van der Waals surface area contributed by atoms with Gasteiger partial charge in [-0.2, -0.15) is 0 Å². The quantitative estimate of drug-likeness (QED) is 0.246. The van der Waals surface area contributed by atoms with Crippen LogP contribution in [0.15, 0.2) is 83.3 Å². The van der Waals surface area contributed by atoms with E-state index >= 15 is 0 Å². The molecule has 0 spiro atoms. The van der Waals surface area contributed by atoms with Crippen molar-refractivity contribution in [2.75, 3.05) is 0 Å². The van der Waals surface area contributed by atoms with Crippen molar-refractivity contribution >= 4 is 41.3 Å². The zero-order chi connectivity index (χ0) is 23.3. The Balaban J connectivity index is 0.000000523. The van der Waals surface area contributed by atoms with Crippen LogP contribution in [0.1, 0.15) is 17.3 Å². The van der Waals surface area contributed by atoms with E-state index < -0.39 is 7.25 Å². The predicted octanol–water partition coefficient (Wildman–Crippen LogP) is 5.57. The number of nitrogens with one attached hydrogen (secondary N) is 1. The Hall–Kier alpha value is -3.39. The number of para-hydroxylation sites is 1. The molecule has 9 heteroatoms. The van der Waals surface area contributed by atoms with E-state index in [1.165, 1.54) is 0 Å². The molecule has 3 nitrogen and oxygen atoms in total. The SMILES string of the molecule is CC(=O)c1cccc([NH+]=c2cc(-c3ccc(Cl)cc3)oc3ccccc23)c1.F[B-](F)(F)F. The minimum absolute atomic E-state index is 0.0356. The fourth-order valence-corrected chi connectivity index (χ4v) is 3.09. The molecule has 0 aliphatic carbocycles. The third-order valence-corrected chi connectivity index (χ3v) is 4.60. The molecule has 1 N–H and O–H groups in total. The molecule has 164 valence electrons. The van der Waals surface area contributed by atoms with Gasteiger partial charge in [0.1, 0.15) is 11.3 Å². The Morgan fingerprint density at radius 1 is 0.906 bits per heavy atom. The van der Waals surface area contributed by atoms with Crippen LogP contribution in [0.5, 0.6) is 0 Å². The van der Waals surface area contributed by atoms with Crippen LogP contribution in [0.25, 0.3) is 22.3 Å². The lowest BCUT2D eigenvalue weighted by atomic mass is 10.1. The van der Waals surface area contributed by atoms with E-state index in [0.717, 1.165) is 33.3 Å². The maximum Gasteiger partial charge on any atom is 0.673 e. The van der Waals surface area contributed by atoms with E-state index in [-0.39, 0.29) is 5.78 Å². The van der Waals surface area contributed by atoms with E-state index in [1.54, 1.807) is 6.92 Å². The first-order valence-electron chi connectivity index (χ1n) is 9.47. The highest BCUT2D eigenvalue weighted by atomic mass is 35.5. The number of carbonyl (C=O) groups is 1. The molecule has 0 radical (unpaired) electrons. The maximum absolute atomic E-state index is 11.7. The fourth-order valence-electron chi connectivity index (χ4n) is 2.97. The zero-order valence-electron chi connectivity index (χ0n) is 16.8. The van der Waals surface area contributed by atoms with Gasteiger partial charge < -0.3 is 21.7 Å². The van der Waals surface area contributed by atoms with Crippen LogP contribution in [-0.2, 0) is 0 Å². The summed E-state index contributed by atoms with van der Waals surface area (Å²) in [7, 11) is -6.00. The largest absolute Gasteiger partial charge is 0.673 e. The molecule has 1 heterocycles. The van der Waals surface area contributed by atoms with Crippen LogP contribution in [0.3, 0.4) is 0 Å². The third kappa shape index (κ3) is 6.55. The topological polar surface area (TPSA) is 44.2 Å². The van der Waals surface area contributed by atoms with Gasteiger partial charge in [0.15, 0.2) is 5.78 Å². The highest BCUT2D eigenvalue weighted by molar-refractivity contribution is 6.50.